The zero-order chi connectivity index (χ0) is 13.8. The minimum Gasteiger partial charge on any atom is -0.382 e. The van der Waals surface area contributed by atoms with Crippen molar-refractivity contribution >= 4 is 23.2 Å². The topological polar surface area (TPSA) is 50.4 Å². The van der Waals surface area contributed by atoms with Crippen molar-refractivity contribution in [2.24, 2.45) is 5.92 Å². The molecule has 4 nitrogen and oxygen atoms in total. The largest absolute Gasteiger partial charge is 0.382 e. The molecular formula is C14H19ClN2O2. The van der Waals surface area contributed by atoms with Crippen molar-refractivity contribution < 1.29 is 9.53 Å². The minimum atomic E-state index is -0.175. The van der Waals surface area contributed by atoms with Crippen LogP contribution in [0.1, 0.15) is 23.7 Å². The van der Waals surface area contributed by atoms with E-state index in [0.717, 1.165) is 25.3 Å². The third kappa shape index (κ3) is 3.39. The van der Waals surface area contributed by atoms with E-state index in [4.69, 9.17) is 16.3 Å². The van der Waals surface area contributed by atoms with Crippen molar-refractivity contribution in [2.75, 3.05) is 25.6 Å². The van der Waals surface area contributed by atoms with Crippen LogP contribution in [0.4, 0.5) is 5.69 Å². The number of hydrogen-bond donors (Lipinski definition) is 2. The zero-order valence-corrected chi connectivity index (χ0v) is 12.0. The fraction of sp³-hybridized carbons (Fsp3) is 0.500. The monoisotopic (exact) mass is 282 g/mol. The Morgan fingerprint density at radius 2 is 2.32 bits per heavy atom. The molecule has 0 aliphatic carbocycles. The number of amides is 1. The van der Waals surface area contributed by atoms with Crippen LogP contribution in [0.3, 0.4) is 0 Å². The fourth-order valence-corrected chi connectivity index (χ4v) is 2.45. The van der Waals surface area contributed by atoms with Crippen LogP contribution in [0, 0.1) is 5.92 Å². The molecule has 0 saturated carbocycles. The second-order valence-electron chi connectivity index (χ2n) is 4.83. The summed E-state index contributed by atoms with van der Waals surface area (Å²) in [7, 11) is 1.59. The Hall–Kier alpha value is -1.26. The smallest absolute Gasteiger partial charge is 0.252 e. The maximum absolute atomic E-state index is 11.7. The molecule has 1 aromatic carbocycles. The van der Waals surface area contributed by atoms with E-state index in [2.05, 4.69) is 17.6 Å². The van der Waals surface area contributed by atoms with E-state index >= 15 is 0 Å². The van der Waals surface area contributed by atoms with Gasteiger partial charge in [-0.2, -0.15) is 0 Å². The number of anilines is 1. The summed E-state index contributed by atoms with van der Waals surface area (Å²) < 4.78 is 5.39. The molecule has 0 radical (unpaired) electrons. The molecule has 1 aliphatic rings. The lowest BCUT2D eigenvalue weighted by molar-refractivity contribution is 0.0963. The van der Waals surface area contributed by atoms with Crippen molar-refractivity contribution in [3.63, 3.8) is 0 Å². The molecule has 2 rings (SSSR count). The summed E-state index contributed by atoms with van der Waals surface area (Å²) in [5.41, 5.74) is 1.39. The van der Waals surface area contributed by atoms with Gasteiger partial charge in [0.1, 0.15) is 0 Å². The molecule has 2 atom stereocenters. The van der Waals surface area contributed by atoms with Crippen LogP contribution in [0.15, 0.2) is 18.2 Å². The van der Waals surface area contributed by atoms with Gasteiger partial charge in [0, 0.05) is 31.3 Å². The molecular weight excluding hydrogens is 264 g/mol. The maximum Gasteiger partial charge on any atom is 0.252 e. The van der Waals surface area contributed by atoms with Crippen LogP contribution in [-0.2, 0) is 4.74 Å². The summed E-state index contributed by atoms with van der Waals surface area (Å²) in [6.07, 6.45) is 1.07. The highest BCUT2D eigenvalue weighted by atomic mass is 35.5. The summed E-state index contributed by atoms with van der Waals surface area (Å²) in [6, 6.07) is 5.72. The number of ether oxygens (including phenoxy) is 1. The molecule has 1 amide bonds. The molecule has 2 unspecified atom stereocenters. The van der Waals surface area contributed by atoms with Gasteiger partial charge in [0.05, 0.1) is 17.2 Å². The summed E-state index contributed by atoms with van der Waals surface area (Å²) in [5.74, 6) is 0.338. The number of halogens is 1. The second kappa shape index (κ2) is 6.26. The molecule has 19 heavy (non-hydrogen) atoms. The predicted octanol–water partition coefficient (Wildman–Crippen LogP) is 2.54. The third-order valence-corrected chi connectivity index (χ3v) is 3.83. The standard InChI is InChI=1S/C14H19ClN2O2/c1-9(10-5-6-19-8-10)17-11-3-4-13(15)12(7-11)14(18)16-2/h3-4,7,9-10,17H,5-6,8H2,1-2H3,(H,16,18). The van der Waals surface area contributed by atoms with E-state index in [-0.39, 0.29) is 5.91 Å². The number of benzene rings is 1. The predicted molar refractivity (Wildman–Crippen MR) is 76.9 cm³/mol. The lowest BCUT2D eigenvalue weighted by atomic mass is 10.0. The van der Waals surface area contributed by atoms with E-state index in [1.165, 1.54) is 0 Å². The van der Waals surface area contributed by atoms with E-state index in [9.17, 15) is 4.79 Å². The lowest BCUT2D eigenvalue weighted by Crippen LogP contribution is -2.26. The molecule has 5 heteroatoms. The van der Waals surface area contributed by atoms with Crippen molar-refractivity contribution in [2.45, 2.75) is 19.4 Å². The van der Waals surface area contributed by atoms with Crippen molar-refractivity contribution in [1.82, 2.24) is 5.32 Å². The SMILES string of the molecule is CNC(=O)c1cc(NC(C)C2CCOC2)ccc1Cl. The van der Waals surface area contributed by atoms with Crippen LogP contribution in [-0.4, -0.2) is 32.2 Å². The maximum atomic E-state index is 11.7. The highest BCUT2D eigenvalue weighted by Crippen LogP contribution is 2.24. The molecule has 0 spiro atoms. The normalized spacial score (nSPS) is 20.1. The van der Waals surface area contributed by atoms with Crippen LogP contribution in [0.5, 0.6) is 0 Å². The molecule has 0 bridgehead atoms. The Morgan fingerprint density at radius 1 is 1.53 bits per heavy atom. The Labute approximate surface area is 118 Å². The molecule has 0 aromatic heterocycles. The molecule has 104 valence electrons. The fourth-order valence-electron chi connectivity index (χ4n) is 2.25. The van der Waals surface area contributed by atoms with Crippen molar-refractivity contribution in [3.8, 4) is 0 Å². The first kappa shape index (κ1) is 14.2. The van der Waals surface area contributed by atoms with Gasteiger partial charge < -0.3 is 15.4 Å². The van der Waals surface area contributed by atoms with Crippen molar-refractivity contribution in [1.29, 1.82) is 0 Å². The van der Waals surface area contributed by atoms with E-state index in [0.29, 0.717) is 22.5 Å². The van der Waals surface area contributed by atoms with Crippen LogP contribution >= 0.6 is 11.6 Å². The van der Waals surface area contributed by atoms with E-state index in [1.54, 1.807) is 19.2 Å². The summed E-state index contributed by atoms with van der Waals surface area (Å²) in [4.78, 5) is 11.7. The second-order valence-corrected chi connectivity index (χ2v) is 5.24. The summed E-state index contributed by atoms with van der Waals surface area (Å²) >= 11 is 6.02. The van der Waals surface area contributed by atoms with Gasteiger partial charge >= 0.3 is 0 Å². The van der Waals surface area contributed by atoms with Gasteiger partial charge in [0.15, 0.2) is 0 Å². The summed E-state index contributed by atoms with van der Waals surface area (Å²) in [6.45, 7) is 3.76. The number of hydrogen-bond acceptors (Lipinski definition) is 3. The first-order chi connectivity index (χ1) is 9.11. The minimum absolute atomic E-state index is 0.175. The molecule has 1 aliphatic heterocycles. The van der Waals surface area contributed by atoms with E-state index < -0.39 is 0 Å². The molecule has 1 heterocycles. The quantitative estimate of drug-likeness (QED) is 0.892. The average Bonchev–Trinajstić information content (AvgIpc) is 2.94. The van der Waals surface area contributed by atoms with Gasteiger partial charge in [-0.25, -0.2) is 0 Å². The van der Waals surface area contributed by atoms with Gasteiger partial charge in [-0.15, -0.1) is 0 Å². The number of nitrogens with one attached hydrogen (secondary N) is 2. The van der Waals surface area contributed by atoms with E-state index in [1.807, 2.05) is 6.07 Å². The molecule has 2 N–H and O–H groups in total. The van der Waals surface area contributed by atoms with Gasteiger partial charge in [0.2, 0.25) is 0 Å². The average molecular weight is 283 g/mol. The first-order valence-corrected chi connectivity index (χ1v) is 6.85. The molecule has 1 fully saturated rings. The summed E-state index contributed by atoms with van der Waals surface area (Å²) in [5, 5.41) is 6.46. The number of rotatable bonds is 4. The van der Waals surface area contributed by atoms with Crippen molar-refractivity contribution in [3.05, 3.63) is 28.8 Å². The van der Waals surface area contributed by atoms with Crippen LogP contribution < -0.4 is 10.6 Å². The Kier molecular flexibility index (Phi) is 4.66. The van der Waals surface area contributed by atoms with Crippen LogP contribution in [0.25, 0.3) is 0 Å². The molecule has 1 aromatic rings. The Morgan fingerprint density at radius 3 is 2.95 bits per heavy atom. The van der Waals surface area contributed by atoms with Gasteiger partial charge in [-0.05, 0) is 31.5 Å². The lowest BCUT2D eigenvalue weighted by Gasteiger charge is -2.21. The first-order valence-electron chi connectivity index (χ1n) is 6.47. The highest BCUT2D eigenvalue weighted by Gasteiger charge is 2.22. The van der Waals surface area contributed by atoms with Gasteiger partial charge in [-0.3, -0.25) is 4.79 Å². The number of carbonyl (C=O) groups is 1. The number of carbonyl (C=O) groups excluding carboxylic acids is 1. The highest BCUT2D eigenvalue weighted by molar-refractivity contribution is 6.34. The Balaban J connectivity index is 2.10. The zero-order valence-electron chi connectivity index (χ0n) is 11.2. The van der Waals surface area contributed by atoms with Gasteiger partial charge in [-0.1, -0.05) is 11.6 Å². The Bertz CT molecular complexity index is 459. The molecule has 1 saturated heterocycles. The van der Waals surface area contributed by atoms with Crippen LogP contribution in [0.2, 0.25) is 5.02 Å². The third-order valence-electron chi connectivity index (χ3n) is 3.50. The van der Waals surface area contributed by atoms with Gasteiger partial charge in [0.25, 0.3) is 5.91 Å².